The van der Waals surface area contributed by atoms with E-state index in [0.29, 0.717) is 22.7 Å². The molecule has 18 heteroatoms. The maximum absolute atomic E-state index is 13.0. The van der Waals surface area contributed by atoms with Gasteiger partial charge in [-0.25, -0.2) is 0 Å². The first-order chi connectivity index (χ1) is 24.7. The fourth-order valence-corrected chi connectivity index (χ4v) is 5.54. The minimum absolute atomic E-state index is 0.186. The van der Waals surface area contributed by atoms with Crippen molar-refractivity contribution in [2.24, 2.45) is 20.5 Å². The Hall–Kier alpha value is -6.34. The van der Waals surface area contributed by atoms with E-state index in [2.05, 4.69) is 31.1 Å². The molecule has 5 aromatic rings. The van der Waals surface area contributed by atoms with Gasteiger partial charge in [0.1, 0.15) is 11.5 Å². The van der Waals surface area contributed by atoms with Gasteiger partial charge in [0.05, 0.1) is 58.1 Å². The lowest BCUT2D eigenvalue weighted by atomic mass is 10.1. The summed E-state index contributed by atoms with van der Waals surface area (Å²) in [5.74, 6) is -0.448. The Morgan fingerprint density at radius 3 is 1.19 bits per heavy atom. The predicted molar refractivity (Wildman–Crippen MR) is 189 cm³/mol. The zero-order chi connectivity index (χ0) is 37.5. The van der Waals surface area contributed by atoms with Gasteiger partial charge in [0.15, 0.2) is 0 Å². The lowest BCUT2D eigenvalue weighted by molar-refractivity contribution is 0.101. The number of methoxy groups -OCH3 is 2. The van der Waals surface area contributed by atoms with Crippen LogP contribution in [-0.4, -0.2) is 52.0 Å². The molecule has 0 fully saturated rings. The molecule has 0 heterocycles. The van der Waals surface area contributed by atoms with Gasteiger partial charge in [0.25, 0.3) is 32.1 Å². The van der Waals surface area contributed by atoms with E-state index in [4.69, 9.17) is 9.47 Å². The third kappa shape index (κ3) is 9.46. The minimum atomic E-state index is -4.40. The highest BCUT2D eigenvalue weighted by molar-refractivity contribution is 7.86. The lowest BCUT2D eigenvalue weighted by Crippen LogP contribution is -2.15. The van der Waals surface area contributed by atoms with Gasteiger partial charge in [-0.1, -0.05) is 12.1 Å². The first-order valence-electron chi connectivity index (χ1n) is 14.8. The van der Waals surface area contributed by atoms with Crippen molar-refractivity contribution >= 4 is 66.2 Å². The molecule has 0 saturated heterocycles. The summed E-state index contributed by atoms with van der Waals surface area (Å²) in [6.07, 6.45) is 0. The molecule has 0 bridgehead atoms. The van der Waals surface area contributed by atoms with E-state index in [9.17, 15) is 35.5 Å². The van der Waals surface area contributed by atoms with E-state index in [1.807, 2.05) is 0 Å². The molecule has 0 aliphatic carbocycles. The van der Waals surface area contributed by atoms with Gasteiger partial charge < -0.3 is 20.1 Å². The van der Waals surface area contributed by atoms with Crippen molar-refractivity contribution in [3.8, 4) is 11.5 Å². The highest BCUT2D eigenvalue weighted by atomic mass is 32.2. The molecule has 0 aromatic heterocycles. The number of anilines is 2. The number of nitrogens with one attached hydrogen (secondary N) is 2. The number of nitrogens with zero attached hydrogens (tertiary/aromatic N) is 4. The van der Waals surface area contributed by atoms with E-state index in [0.717, 1.165) is 12.1 Å². The number of azo groups is 2. The second-order valence-electron chi connectivity index (χ2n) is 10.6. The Bertz CT molecular complexity index is 2270. The van der Waals surface area contributed by atoms with Gasteiger partial charge in [0, 0.05) is 23.3 Å². The quantitative estimate of drug-likeness (QED) is 0.0723. The molecule has 266 valence electrons. The third-order valence-electron chi connectivity index (χ3n) is 7.07. The Morgan fingerprint density at radius 2 is 0.865 bits per heavy atom. The molecular weight excluding hydrogens is 717 g/mol. The molecule has 5 aromatic carbocycles. The van der Waals surface area contributed by atoms with Crippen LogP contribution in [0, 0.1) is 0 Å². The fraction of sp³-hybridized carbons (Fsp3) is 0.0588. The van der Waals surface area contributed by atoms with Crippen LogP contribution in [0.15, 0.2) is 139 Å². The van der Waals surface area contributed by atoms with Crippen molar-refractivity contribution in [2.45, 2.75) is 9.79 Å². The Labute approximate surface area is 297 Å². The SMILES string of the molecule is COc1cc(N=Nc2cccc(S(=O)(=O)O)c2)ccc1NC(=O)c1ccc(C(=O)Nc2ccc(N=Nc3cccc(S(=O)(=O)O)c3)cc2OC)cc1. The van der Waals surface area contributed by atoms with E-state index < -0.39 is 32.1 Å². The van der Waals surface area contributed by atoms with Gasteiger partial charge >= 0.3 is 0 Å². The highest BCUT2D eigenvalue weighted by Gasteiger charge is 2.15. The number of amides is 2. The Balaban J connectivity index is 1.22. The molecule has 4 N–H and O–H groups in total. The zero-order valence-electron chi connectivity index (χ0n) is 27.2. The van der Waals surface area contributed by atoms with Crippen LogP contribution in [0.1, 0.15) is 20.7 Å². The molecule has 0 aliphatic rings. The smallest absolute Gasteiger partial charge is 0.294 e. The second-order valence-corrected chi connectivity index (χ2v) is 13.4. The van der Waals surface area contributed by atoms with Crippen molar-refractivity contribution in [1.29, 1.82) is 0 Å². The number of benzene rings is 5. The van der Waals surface area contributed by atoms with E-state index in [1.54, 1.807) is 24.3 Å². The summed E-state index contributed by atoms with van der Waals surface area (Å²) in [4.78, 5) is 25.4. The summed E-state index contributed by atoms with van der Waals surface area (Å²) in [5.41, 5.74) is 2.18. The molecule has 0 radical (unpaired) electrons. The lowest BCUT2D eigenvalue weighted by Gasteiger charge is -2.12. The zero-order valence-corrected chi connectivity index (χ0v) is 28.8. The van der Waals surface area contributed by atoms with Crippen LogP contribution >= 0.6 is 0 Å². The number of hydrogen-bond donors (Lipinski definition) is 4. The molecule has 16 nitrogen and oxygen atoms in total. The number of hydrogen-bond acceptors (Lipinski definition) is 12. The number of ether oxygens (including phenoxy) is 2. The third-order valence-corrected chi connectivity index (χ3v) is 8.77. The minimum Gasteiger partial charge on any atom is -0.494 e. The topological polar surface area (TPSA) is 235 Å². The van der Waals surface area contributed by atoms with Crippen LogP contribution in [0.2, 0.25) is 0 Å². The van der Waals surface area contributed by atoms with Gasteiger partial charge in [-0.15, -0.1) is 0 Å². The van der Waals surface area contributed by atoms with Crippen LogP contribution in [0.3, 0.4) is 0 Å². The Morgan fingerprint density at radius 1 is 0.519 bits per heavy atom. The maximum Gasteiger partial charge on any atom is 0.294 e. The van der Waals surface area contributed by atoms with E-state index in [-0.39, 0.29) is 43.8 Å². The fourth-order valence-electron chi connectivity index (χ4n) is 4.50. The number of rotatable bonds is 12. The average Bonchev–Trinajstić information content (AvgIpc) is 3.13. The molecule has 0 aliphatic heterocycles. The summed E-state index contributed by atoms with van der Waals surface area (Å²) in [5, 5.41) is 21.6. The molecule has 5 rings (SSSR count). The van der Waals surface area contributed by atoms with Gasteiger partial charge in [-0.2, -0.15) is 37.3 Å². The van der Waals surface area contributed by atoms with Gasteiger partial charge in [-0.3, -0.25) is 18.7 Å². The first-order valence-corrected chi connectivity index (χ1v) is 17.7. The first kappa shape index (κ1) is 36.9. The van der Waals surface area contributed by atoms with Crippen molar-refractivity contribution in [3.05, 3.63) is 120 Å². The van der Waals surface area contributed by atoms with Crippen molar-refractivity contribution in [3.63, 3.8) is 0 Å². The summed E-state index contributed by atoms with van der Waals surface area (Å²) in [6, 6.07) is 25.7. The van der Waals surface area contributed by atoms with Gasteiger partial charge in [-0.05, 0) is 84.9 Å². The Kier molecular flexibility index (Phi) is 11.1. The van der Waals surface area contributed by atoms with E-state index in [1.165, 1.54) is 87.0 Å². The van der Waals surface area contributed by atoms with Crippen LogP contribution in [0.4, 0.5) is 34.1 Å². The van der Waals surface area contributed by atoms with Crippen molar-refractivity contribution in [1.82, 2.24) is 0 Å². The number of carbonyl (C=O) groups is 2. The summed E-state index contributed by atoms with van der Waals surface area (Å²) in [6.45, 7) is 0. The molecule has 0 unspecified atom stereocenters. The molecular formula is C34H28N6O10S2. The second kappa shape index (κ2) is 15.7. The van der Waals surface area contributed by atoms with Crippen LogP contribution in [0.5, 0.6) is 11.5 Å². The maximum atomic E-state index is 13.0. The number of carbonyl (C=O) groups excluding carboxylic acids is 2. The summed E-state index contributed by atoms with van der Waals surface area (Å²) >= 11 is 0. The van der Waals surface area contributed by atoms with Crippen LogP contribution in [-0.2, 0) is 20.2 Å². The van der Waals surface area contributed by atoms with Gasteiger partial charge in [0.2, 0.25) is 0 Å². The summed E-state index contributed by atoms with van der Waals surface area (Å²) < 4.78 is 74.8. The summed E-state index contributed by atoms with van der Waals surface area (Å²) in [7, 11) is -6.01. The molecule has 0 spiro atoms. The highest BCUT2D eigenvalue weighted by Crippen LogP contribution is 2.33. The van der Waals surface area contributed by atoms with Crippen molar-refractivity contribution < 1.29 is 45.0 Å². The molecule has 52 heavy (non-hydrogen) atoms. The monoisotopic (exact) mass is 744 g/mol. The predicted octanol–water partition coefficient (Wildman–Crippen LogP) is 7.53. The largest absolute Gasteiger partial charge is 0.494 e. The molecule has 2 amide bonds. The average molecular weight is 745 g/mol. The standard InChI is InChI=1S/C34H28N6O10S2/c1-49-31-19-25(39-37-23-5-3-7-27(17-23)51(43,44)45)13-15-29(31)35-33(41)21-9-11-22(12-10-21)34(42)36-30-16-14-26(20-32(30)50-2)40-38-24-6-4-8-28(18-24)52(46,47)48/h3-20H,1-2H3,(H,35,41)(H,36,42)(H,43,44,45)(H,46,47,48). The molecule has 0 saturated carbocycles. The van der Waals surface area contributed by atoms with E-state index >= 15 is 0 Å². The van der Waals surface area contributed by atoms with Crippen LogP contribution < -0.4 is 20.1 Å². The van der Waals surface area contributed by atoms with Crippen LogP contribution in [0.25, 0.3) is 0 Å². The molecule has 0 atom stereocenters. The normalized spacial score (nSPS) is 11.8. The van der Waals surface area contributed by atoms with Crippen molar-refractivity contribution in [2.75, 3.05) is 24.9 Å².